The molecule has 7 heteroatoms. The highest BCUT2D eigenvalue weighted by molar-refractivity contribution is 7.91. The van der Waals surface area contributed by atoms with Crippen LogP contribution in [0, 0.1) is 17.0 Å². The quantitative estimate of drug-likeness (QED) is 0.692. The van der Waals surface area contributed by atoms with Crippen molar-refractivity contribution in [1.82, 2.24) is 0 Å². The summed E-state index contributed by atoms with van der Waals surface area (Å²) in [6.45, 7) is 1.52. The summed E-state index contributed by atoms with van der Waals surface area (Å²) in [6, 6.07) is 9.30. The van der Waals surface area contributed by atoms with E-state index in [4.69, 9.17) is 0 Å². The van der Waals surface area contributed by atoms with E-state index in [0.29, 0.717) is 5.56 Å². The maximum absolute atomic E-state index is 12.5. The van der Waals surface area contributed by atoms with Gasteiger partial charge in [-0.3, -0.25) is 10.1 Å². The van der Waals surface area contributed by atoms with Crippen LogP contribution in [0.1, 0.15) is 5.56 Å². The Hall–Kier alpha value is -2.41. The molecule has 104 valence electrons. The molecule has 0 aliphatic carbocycles. The number of nitro benzene ring substituents is 1. The van der Waals surface area contributed by atoms with Crippen molar-refractivity contribution in [2.75, 3.05) is 0 Å². The van der Waals surface area contributed by atoms with Gasteiger partial charge in [-0.05, 0) is 24.6 Å². The molecule has 0 bridgehead atoms. The Balaban J connectivity index is 2.78. The normalized spacial score (nSPS) is 11.2. The molecule has 0 unspecified atom stereocenters. The molecule has 20 heavy (non-hydrogen) atoms. The van der Waals surface area contributed by atoms with Gasteiger partial charge >= 0.3 is 0 Å². The van der Waals surface area contributed by atoms with E-state index in [1.807, 2.05) is 0 Å². The first-order chi connectivity index (χ1) is 9.35. The van der Waals surface area contributed by atoms with Gasteiger partial charge in [-0.1, -0.05) is 24.3 Å². The fourth-order valence-electron chi connectivity index (χ4n) is 1.93. The van der Waals surface area contributed by atoms with Gasteiger partial charge in [0, 0.05) is 6.07 Å². The van der Waals surface area contributed by atoms with Crippen LogP contribution in [0.15, 0.2) is 52.3 Å². The van der Waals surface area contributed by atoms with Crippen LogP contribution in [-0.2, 0) is 9.84 Å². The maximum Gasteiger partial charge on any atom is 0.288 e. The molecule has 2 aromatic carbocycles. The van der Waals surface area contributed by atoms with Gasteiger partial charge in [0.25, 0.3) is 5.69 Å². The Morgan fingerprint density at radius 2 is 1.75 bits per heavy atom. The predicted octanol–water partition coefficient (Wildman–Crippen LogP) is 2.44. The number of nitro groups is 1. The number of phenols is 1. The zero-order valence-electron chi connectivity index (χ0n) is 10.5. The Kier molecular flexibility index (Phi) is 3.46. The lowest BCUT2D eigenvalue weighted by molar-refractivity contribution is -0.387. The molecular formula is C13H11NO5S. The minimum Gasteiger partial charge on any atom is -0.507 e. The fraction of sp³-hybridized carbons (Fsp3) is 0.0769. The Bertz CT molecular complexity index is 763. The van der Waals surface area contributed by atoms with E-state index < -0.39 is 31.1 Å². The maximum atomic E-state index is 12.5. The summed E-state index contributed by atoms with van der Waals surface area (Å²) in [4.78, 5) is 9.44. The predicted molar refractivity (Wildman–Crippen MR) is 71.4 cm³/mol. The molecule has 6 nitrogen and oxygen atoms in total. The number of nitrogens with zero attached hydrogens (tertiary/aromatic N) is 1. The molecular weight excluding hydrogens is 282 g/mol. The lowest BCUT2D eigenvalue weighted by Crippen LogP contribution is -2.07. The van der Waals surface area contributed by atoms with Gasteiger partial charge in [-0.2, -0.15) is 0 Å². The smallest absolute Gasteiger partial charge is 0.288 e. The van der Waals surface area contributed by atoms with E-state index in [0.717, 1.165) is 12.1 Å². The van der Waals surface area contributed by atoms with Crippen LogP contribution in [0.5, 0.6) is 5.75 Å². The van der Waals surface area contributed by atoms with Crippen LogP contribution in [0.4, 0.5) is 5.69 Å². The lowest BCUT2D eigenvalue weighted by atomic mass is 10.2. The summed E-state index contributed by atoms with van der Waals surface area (Å²) in [6.07, 6.45) is 0. The Labute approximate surface area is 115 Å². The number of phenolic OH excluding ortho intramolecular Hbond substituents is 1. The first-order valence-electron chi connectivity index (χ1n) is 5.63. The molecule has 0 heterocycles. The molecule has 0 saturated carbocycles. The van der Waals surface area contributed by atoms with E-state index in [2.05, 4.69) is 0 Å². The van der Waals surface area contributed by atoms with Crippen molar-refractivity contribution in [2.24, 2.45) is 0 Å². The Morgan fingerprint density at radius 3 is 2.35 bits per heavy atom. The van der Waals surface area contributed by atoms with Gasteiger partial charge in [0.1, 0.15) is 15.5 Å². The van der Waals surface area contributed by atoms with Gasteiger partial charge in [0.05, 0.1) is 4.92 Å². The number of aryl methyl sites for hydroxylation is 1. The van der Waals surface area contributed by atoms with Crippen LogP contribution in [0.3, 0.4) is 0 Å². The summed E-state index contributed by atoms with van der Waals surface area (Å²) < 4.78 is 25.1. The third kappa shape index (κ3) is 2.23. The molecule has 0 aromatic heterocycles. The van der Waals surface area contributed by atoms with E-state index in [9.17, 15) is 23.6 Å². The van der Waals surface area contributed by atoms with Crippen molar-refractivity contribution in [3.05, 3.63) is 58.1 Å². The van der Waals surface area contributed by atoms with Crippen molar-refractivity contribution < 1.29 is 18.4 Å². The summed E-state index contributed by atoms with van der Waals surface area (Å²) in [5.74, 6) is -0.428. The first-order valence-corrected chi connectivity index (χ1v) is 7.11. The third-order valence-electron chi connectivity index (χ3n) is 2.81. The van der Waals surface area contributed by atoms with E-state index in [1.165, 1.54) is 37.3 Å². The van der Waals surface area contributed by atoms with Crippen LogP contribution in [0.25, 0.3) is 0 Å². The SMILES string of the molecule is Cc1cccc(O)c1S(=O)(=O)c1ccccc1[N+](=O)[O-]. The van der Waals surface area contributed by atoms with Crippen molar-refractivity contribution in [1.29, 1.82) is 0 Å². The van der Waals surface area contributed by atoms with Gasteiger partial charge < -0.3 is 5.11 Å². The minimum atomic E-state index is -4.17. The number of benzene rings is 2. The summed E-state index contributed by atoms with van der Waals surface area (Å²) >= 11 is 0. The van der Waals surface area contributed by atoms with Gasteiger partial charge in [0.15, 0.2) is 0 Å². The van der Waals surface area contributed by atoms with Gasteiger partial charge in [-0.25, -0.2) is 8.42 Å². The molecule has 2 aromatic rings. The van der Waals surface area contributed by atoms with Gasteiger partial charge in [0.2, 0.25) is 9.84 Å². The zero-order valence-corrected chi connectivity index (χ0v) is 11.3. The summed E-state index contributed by atoms with van der Waals surface area (Å²) in [7, 11) is -4.17. The molecule has 2 rings (SSSR count). The monoisotopic (exact) mass is 293 g/mol. The summed E-state index contributed by atoms with van der Waals surface area (Å²) in [5, 5.41) is 20.7. The number of aromatic hydroxyl groups is 1. The minimum absolute atomic E-state index is 0.311. The molecule has 1 N–H and O–H groups in total. The van der Waals surface area contributed by atoms with Crippen molar-refractivity contribution in [3.63, 3.8) is 0 Å². The molecule has 0 aliphatic rings. The number of para-hydroxylation sites is 1. The first kappa shape index (κ1) is 14.0. The molecule has 0 radical (unpaired) electrons. The number of rotatable bonds is 3. The largest absolute Gasteiger partial charge is 0.507 e. The van der Waals surface area contributed by atoms with Crippen molar-refractivity contribution >= 4 is 15.5 Å². The highest BCUT2D eigenvalue weighted by Gasteiger charge is 2.30. The number of hydrogen-bond donors (Lipinski definition) is 1. The average molecular weight is 293 g/mol. The molecule has 0 atom stereocenters. The zero-order chi connectivity index (χ0) is 14.9. The van der Waals surface area contributed by atoms with Crippen molar-refractivity contribution in [2.45, 2.75) is 16.7 Å². The van der Waals surface area contributed by atoms with Crippen LogP contribution >= 0.6 is 0 Å². The number of sulfone groups is 1. The second kappa shape index (κ2) is 4.93. The Morgan fingerprint density at radius 1 is 1.10 bits per heavy atom. The van der Waals surface area contributed by atoms with E-state index >= 15 is 0 Å². The van der Waals surface area contributed by atoms with Crippen LogP contribution < -0.4 is 0 Å². The standard InChI is InChI=1S/C13H11NO5S/c1-9-5-4-7-11(15)13(9)20(18,19)12-8-3-2-6-10(12)14(16)17/h2-8,15H,1H3. The van der Waals surface area contributed by atoms with E-state index in [1.54, 1.807) is 0 Å². The number of hydrogen-bond acceptors (Lipinski definition) is 5. The average Bonchev–Trinajstić information content (AvgIpc) is 2.38. The molecule has 0 fully saturated rings. The molecule has 0 saturated heterocycles. The van der Waals surface area contributed by atoms with Crippen LogP contribution in [0.2, 0.25) is 0 Å². The van der Waals surface area contributed by atoms with Crippen molar-refractivity contribution in [3.8, 4) is 5.75 Å². The van der Waals surface area contributed by atoms with E-state index in [-0.39, 0.29) is 4.90 Å². The third-order valence-corrected chi connectivity index (χ3v) is 4.80. The topological polar surface area (TPSA) is 97.5 Å². The lowest BCUT2D eigenvalue weighted by Gasteiger charge is -2.09. The molecule has 0 amide bonds. The second-order valence-corrected chi connectivity index (χ2v) is 6.01. The second-order valence-electron chi connectivity index (χ2n) is 4.15. The highest BCUT2D eigenvalue weighted by atomic mass is 32.2. The summed E-state index contributed by atoms with van der Waals surface area (Å²) in [5.41, 5.74) is -0.196. The molecule has 0 aliphatic heterocycles. The fourth-order valence-corrected chi connectivity index (χ4v) is 3.66. The molecule has 0 spiro atoms. The van der Waals surface area contributed by atoms with Gasteiger partial charge in [-0.15, -0.1) is 0 Å². The highest BCUT2D eigenvalue weighted by Crippen LogP contribution is 2.35. The van der Waals surface area contributed by atoms with Crippen LogP contribution in [-0.4, -0.2) is 18.4 Å².